The maximum atomic E-state index is 12.7. The summed E-state index contributed by atoms with van der Waals surface area (Å²) in [6.45, 7) is 4.43. The normalized spacial score (nSPS) is 20.7. The van der Waals surface area contributed by atoms with Crippen LogP contribution in [0.15, 0.2) is 53.5 Å². The van der Waals surface area contributed by atoms with E-state index in [-0.39, 0.29) is 28.7 Å². The topological polar surface area (TPSA) is 90.9 Å². The molecule has 2 N–H and O–H groups in total. The van der Waals surface area contributed by atoms with E-state index in [0.29, 0.717) is 28.0 Å². The number of aliphatic imine (C=N–C) groups is 1. The second-order valence-corrected chi connectivity index (χ2v) is 11.9. The minimum absolute atomic E-state index is 0.0543. The number of para-hydroxylation sites is 1. The molecule has 2 aromatic carbocycles. The van der Waals surface area contributed by atoms with Crippen LogP contribution in [0.2, 0.25) is 5.02 Å². The number of carbonyl (C=O) groups is 1. The molecule has 176 valence electrons. The van der Waals surface area contributed by atoms with Crippen molar-refractivity contribution >= 4 is 55.6 Å². The molecule has 10 heteroatoms. The van der Waals surface area contributed by atoms with Gasteiger partial charge in [-0.25, -0.2) is 8.42 Å². The Morgan fingerprint density at radius 3 is 2.73 bits per heavy atom. The maximum absolute atomic E-state index is 12.7. The average Bonchev–Trinajstić information content (AvgIpc) is 3.28. The molecule has 0 aliphatic carbocycles. The van der Waals surface area contributed by atoms with Crippen LogP contribution in [-0.2, 0) is 9.84 Å². The highest BCUT2D eigenvalue weighted by atomic mass is 35.5. The first-order valence-corrected chi connectivity index (χ1v) is 14.0. The minimum Gasteiger partial charge on any atom is -0.372 e. The van der Waals surface area contributed by atoms with Gasteiger partial charge in [0.1, 0.15) is 0 Å². The zero-order valence-electron chi connectivity index (χ0n) is 18.3. The molecule has 2 atom stereocenters. The smallest absolute Gasteiger partial charge is 0.251 e. The number of carbonyl (C=O) groups excluding carboxylic acids is 1. The molecule has 2 aliphatic rings. The SMILES string of the molecule is CCN(CCCNC(=O)c1ccc(Cl)c(NC2=N[C@@H]3CS(=O)(=O)C[C@@H]3S2)c1)c1ccccc1. The first-order valence-electron chi connectivity index (χ1n) is 10.9. The van der Waals surface area contributed by atoms with Crippen molar-refractivity contribution in [1.82, 2.24) is 5.32 Å². The quantitative estimate of drug-likeness (QED) is 0.531. The predicted octanol–water partition coefficient (Wildman–Crippen LogP) is 3.67. The van der Waals surface area contributed by atoms with Gasteiger partial charge in [-0.1, -0.05) is 41.6 Å². The molecule has 0 unspecified atom stereocenters. The lowest BCUT2D eigenvalue weighted by atomic mass is 10.2. The molecule has 33 heavy (non-hydrogen) atoms. The summed E-state index contributed by atoms with van der Waals surface area (Å²) in [5.41, 5.74) is 2.26. The second-order valence-electron chi connectivity index (χ2n) is 8.08. The molecule has 2 heterocycles. The summed E-state index contributed by atoms with van der Waals surface area (Å²) >= 11 is 7.74. The fourth-order valence-electron chi connectivity index (χ4n) is 3.98. The van der Waals surface area contributed by atoms with E-state index in [1.54, 1.807) is 18.2 Å². The Labute approximate surface area is 203 Å². The van der Waals surface area contributed by atoms with E-state index in [2.05, 4.69) is 39.6 Å². The number of amidine groups is 1. The molecule has 0 aromatic heterocycles. The maximum Gasteiger partial charge on any atom is 0.251 e. The molecule has 1 fully saturated rings. The number of hydrogen-bond acceptors (Lipinski definition) is 7. The van der Waals surface area contributed by atoms with Gasteiger partial charge in [0.2, 0.25) is 0 Å². The summed E-state index contributed by atoms with van der Waals surface area (Å²) in [5, 5.41) is 7.20. The highest BCUT2D eigenvalue weighted by Crippen LogP contribution is 2.35. The van der Waals surface area contributed by atoms with Crippen molar-refractivity contribution in [2.75, 3.05) is 41.4 Å². The molecule has 2 aliphatic heterocycles. The highest BCUT2D eigenvalue weighted by Gasteiger charge is 2.42. The van der Waals surface area contributed by atoms with Gasteiger partial charge >= 0.3 is 0 Å². The number of fused-ring (bicyclic) bond motifs is 1. The Hall–Kier alpha value is -2.23. The number of anilines is 2. The molecule has 7 nitrogen and oxygen atoms in total. The van der Waals surface area contributed by atoms with Crippen molar-refractivity contribution in [2.24, 2.45) is 4.99 Å². The zero-order chi connectivity index (χ0) is 23.4. The summed E-state index contributed by atoms with van der Waals surface area (Å²) < 4.78 is 23.5. The summed E-state index contributed by atoms with van der Waals surface area (Å²) in [6.07, 6.45) is 0.826. The standard InChI is InChI=1S/C23H27ClN4O3S2/c1-2-28(17-7-4-3-5-8-17)12-6-11-25-22(29)16-9-10-18(24)19(13-16)26-23-27-20-14-33(30,31)15-21(20)32-23/h3-5,7-10,13,20-21H,2,6,11-12,14-15H2,1H3,(H,25,29)(H,26,27)/t20-,21+/m1/s1. The van der Waals surface area contributed by atoms with Crippen molar-refractivity contribution in [3.63, 3.8) is 0 Å². The van der Waals surface area contributed by atoms with Crippen molar-refractivity contribution < 1.29 is 13.2 Å². The molecular formula is C23H27ClN4O3S2. The molecule has 0 bridgehead atoms. The van der Waals surface area contributed by atoms with Gasteiger partial charge in [0.15, 0.2) is 15.0 Å². The molecule has 0 spiro atoms. The van der Waals surface area contributed by atoms with Gasteiger partial charge in [-0.15, -0.1) is 0 Å². The van der Waals surface area contributed by atoms with Gasteiger partial charge in [0.25, 0.3) is 5.91 Å². The lowest BCUT2D eigenvalue weighted by Gasteiger charge is -2.23. The second kappa shape index (κ2) is 10.4. The number of nitrogens with one attached hydrogen (secondary N) is 2. The number of nitrogens with zero attached hydrogens (tertiary/aromatic N) is 2. The van der Waals surface area contributed by atoms with Crippen LogP contribution in [0.25, 0.3) is 0 Å². The molecule has 2 aromatic rings. The van der Waals surface area contributed by atoms with Gasteiger partial charge in [0, 0.05) is 36.1 Å². The molecule has 0 radical (unpaired) electrons. The summed E-state index contributed by atoms with van der Waals surface area (Å²) in [4.78, 5) is 19.4. The Bertz CT molecular complexity index is 1140. The van der Waals surface area contributed by atoms with Crippen LogP contribution >= 0.6 is 23.4 Å². The summed E-state index contributed by atoms with van der Waals surface area (Å²) in [5.74, 6) is 0.0695. The number of thioether (sulfide) groups is 1. The monoisotopic (exact) mass is 506 g/mol. The van der Waals surface area contributed by atoms with Crippen molar-refractivity contribution in [2.45, 2.75) is 24.6 Å². The van der Waals surface area contributed by atoms with Crippen LogP contribution in [0.1, 0.15) is 23.7 Å². The van der Waals surface area contributed by atoms with E-state index in [9.17, 15) is 13.2 Å². The molecule has 1 saturated heterocycles. The number of benzene rings is 2. The molecule has 4 rings (SSSR count). The van der Waals surface area contributed by atoms with Gasteiger partial charge in [0.05, 0.1) is 28.3 Å². The lowest BCUT2D eigenvalue weighted by Crippen LogP contribution is -2.30. The first kappa shape index (κ1) is 23.9. The molecule has 0 saturated carbocycles. The van der Waals surface area contributed by atoms with Crippen LogP contribution < -0.4 is 15.5 Å². The number of hydrogen-bond donors (Lipinski definition) is 2. The Kier molecular flexibility index (Phi) is 7.51. The number of halogens is 1. The summed E-state index contributed by atoms with van der Waals surface area (Å²) in [7, 11) is -3.00. The highest BCUT2D eigenvalue weighted by molar-refractivity contribution is 8.15. The fraction of sp³-hybridized carbons (Fsp3) is 0.391. The van der Waals surface area contributed by atoms with Crippen LogP contribution in [0.4, 0.5) is 11.4 Å². The van der Waals surface area contributed by atoms with Crippen LogP contribution in [0, 0.1) is 0 Å². The van der Waals surface area contributed by atoms with Crippen LogP contribution in [0.3, 0.4) is 0 Å². The van der Waals surface area contributed by atoms with E-state index in [1.165, 1.54) is 17.4 Å². The van der Waals surface area contributed by atoms with E-state index < -0.39 is 9.84 Å². The van der Waals surface area contributed by atoms with Crippen molar-refractivity contribution in [1.29, 1.82) is 0 Å². The van der Waals surface area contributed by atoms with Gasteiger partial charge in [-0.3, -0.25) is 9.79 Å². The Balaban J connectivity index is 1.30. The van der Waals surface area contributed by atoms with Crippen LogP contribution in [-0.4, -0.2) is 61.9 Å². The van der Waals surface area contributed by atoms with Crippen molar-refractivity contribution in [3.05, 3.63) is 59.1 Å². The van der Waals surface area contributed by atoms with Crippen LogP contribution in [0.5, 0.6) is 0 Å². The molecule has 1 amide bonds. The average molecular weight is 507 g/mol. The first-order chi connectivity index (χ1) is 15.8. The third-order valence-electron chi connectivity index (χ3n) is 5.68. The number of rotatable bonds is 8. The zero-order valence-corrected chi connectivity index (χ0v) is 20.7. The van der Waals surface area contributed by atoms with E-state index in [4.69, 9.17) is 11.6 Å². The Morgan fingerprint density at radius 2 is 2.00 bits per heavy atom. The van der Waals surface area contributed by atoms with E-state index in [1.807, 2.05) is 18.2 Å². The minimum atomic E-state index is -3.00. The van der Waals surface area contributed by atoms with Gasteiger partial charge in [-0.05, 0) is 43.7 Å². The van der Waals surface area contributed by atoms with E-state index >= 15 is 0 Å². The van der Waals surface area contributed by atoms with Crippen molar-refractivity contribution in [3.8, 4) is 0 Å². The lowest BCUT2D eigenvalue weighted by molar-refractivity contribution is 0.0953. The molecular weight excluding hydrogens is 480 g/mol. The number of amides is 1. The fourth-order valence-corrected chi connectivity index (χ4v) is 7.81. The van der Waals surface area contributed by atoms with E-state index in [0.717, 1.165) is 19.5 Å². The van der Waals surface area contributed by atoms with Gasteiger partial charge in [-0.2, -0.15) is 0 Å². The third-order valence-corrected chi connectivity index (χ3v) is 9.15. The third kappa shape index (κ3) is 6.02. The summed E-state index contributed by atoms with van der Waals surface area (Å²) in [6, 6.07) is 15.1. The predicted molar refractivity (Wildman–Crippen MR) is 138 cm³/mol. The largest absolute Gasteiger partial charge is 0.372 e. The Morgan fingerprint density at radius 1 is 1.21 bits per heavy atom. The number of sulfone groups is 1. The van der Waals surface area contributed by atoms with Gasteiger partial charge < -0.3 is 15.5 Å².